The van der Waals surface area contributed by atoms with Crippen molar-refractivity contribution in [3.05, 3.63) is 27.7 Å². The molecule has 0 unspecified atom stereocenters. The maximum Gasteiger partial charge on any atom is 0.288 e. The van der Waals surface area contributed by atoms with E-state index in [9.17, 15) is 14.7 Å². The van der Waals surface area contributed by atoms with Crippen molar-refractivity contribution in [1.29, 1.82) is 0 Å². The molecule has 6 nitrogen and oxygen atoms in total. The molecule has 90 valence electrons. The SMILES string of the molecule is Cc1cn2c(c(O)c1=O)C(=O)N1CCCN1C2. The molecular weight excluding hydrogens is 222 g/mol. The van der Waals surface area contributed by atoms with Crippen LogP contribution >= 0.6 is 0 Å². The second-order valence-corrected chi connectivity index (χ2v) is 4.46. The van der Waals surface area contributed by atoms with Gasteiger partial charge in [-0.1, -0.05) is 0 Å². The number of hydrazine groups is 1. The van der Waals surface area contributed by atoms with E-state index in [4.69, 9.17) is 0 Å². The van der Waals surface area contributed by atoms with E-state index in [1.165, 1.54) is 0 Å². The number of carbonyl (C=O) groups is 1. The van der Waals surface area contributed by atoms with Crippen molar-refractivity contribution in [2.75, 3.05) is 13.1 Å². The Morgan fingerprint density at radius 3 is 2.82 bits per heavy atom. The molecule has 0 radical (unpaired) electrons. The molecular formula is C11H13N3O3. The van der Waals surface area contributed by atoms with Crippen molar-refractivity contribution >= 4 is 5.91 Å². The highest BCUT2D eigenvalue weighted by Gasteiger charge is 2.36. The van der Waals surface area contributed by atoms with Gasteiger partial charge in [0, 0.05) is 24.8 Å². The van der Waals surface area contributed by atoms with Crippen molar-refractivity contribution in [1.82, 2.24) is 14.6 Å². The third kappa shape index (κ3) is 1.30. The fraction of sp³-hybridized carbons (Fsp3) is 0.455. The number of hydrogen-bond acceptors (Lipinski definition) is 4. The van der Waals surface area contributed by atoms with E-state index in [-0.39, 0.29) is 11.6 Å². The van der Waals surface area contributed by atoms with E-state index in [1.807, 2.05) is 5.01 Å². The number of nitrogens with zero attached hydrogens (tertiary/aromatic N) is 3. The molecule has 1 amide bonds. The fourth-order valence-electron chi connectivity index (χ4n) is 2.46. The first-order chi connectivity index (χ1) is 8.09. The average Bonchev–Trinajstić information content (AvgIpc) is 2.74. The summed E-state index contributed by atoms with van der Waals surface area (Å²) < 4.78 is 1.65. The van der Waals surface area contributed by atoms with Gasteiger partial charge in [-0.25, -0.2) is 0 Å². The van der Waals surface area contributed by atoms with Crippen LogP contribution < -0.4 is 5.43 Å². The Bertz CT molecular complexity index is 564. The zero-order chi connectivity index (χ0) is 12.2. The van der Waals surface area contributed by atoms with Crippen LogP contribution in [-0.4, -0.2) is 38.7 Å². The standard InChI is InChI=1S/C11H13N3O3/c1-7-5-12-6-13-3-2-4-14(13)11(17)8(12)10(16)9(7)15/h5,16H,2-4,6H2,1H3. The minimum Gasteiger partial charge on any atom is -0.503 e. The molecule has 0 spiro atoms. The Labute approximate surface area is 97.6 Å². The molecule has 1 aromatic heterocycles. The van der Waals surface area contributed by atoms with E-state index in [0.29, 0.717) is 18.8 Å². The molecule has 0 aliphatic carbocycles. The minimum atomic E-state index is -0.461. The number of aryl methyl sites for hydroxylation is 1. The second-order valence-electron chi connectivity index (χ2n) is 4.46. The zero-order valence-electron chi connectivity index (χ0n) is 9.51. The van der Waals surface area contributed by atoms with Crippen LogP contribution in [0.15, 0.2) is 11.0 Å². The molecule has 0 aromatic carbocycles. The van der Waals surface area contributed by atoms with Crippen LogP contribution in [0.5, 0.6) is 5.75 Å². The van der Waals surface area contributed by atoms with Gasteiger partial charge in [-0.05, 0) is 13.3 Å². The highest BCUT2D eigenvalue weighted by Crippen LogP contribution is 2.25. The lowest BCUT2D eigenvalue weighted by atomic mass is 10.2. The van der Waals surface area contributed by atoms with Crippen LogP contribution in [-0.2, 0) is 6.67 Å². The lowest BCUT2D eigenvalue weighted by Crippen LogP contribution is -2.48. The van der Waals surface area contributed by atoms with Crippen LogP contribution in [0.25, 0.3) is 0 Å². The first kappa shape index (κ1) is 10.3. The first-order valence-corrected chi connectivity index (χ1v) is 5.59. The summed E-state index contributed by atoms with van der Waals surface area (Å²) in [4.78, 5) is 23.8. The Morgan fingerprint density at radius 1 is 1.29 bits per heavy atom. The van der Waals surface area contributed by atoms with Gasteiger partial charge in [-0.2, -0.15) is 5.01 Å². The normalized spacial score (nSPS) is 19.4. The number of aromatic nitrogens is 1. The van der Waals surface area contributed by atoms with Crippen molar-refractivity contribution < 1.29 is 9.90 Å². The Kier molecular flexibility index (Phi) is 2.03. The lowest BCUT2D eigenvalue weighted by Gasteiger charge is -2.35. The summed E-state index contributed by atoms with van der Waals surface area (Å²) in [5, 5.41) is 13.3. The number of carbonyl (C=O) groups excluding carboxylic acids is 1. The van der Waals surface area contributed by atoms with Gasteiger partial charge in [0.15, 0.2) is 11.4 Å². The van der Waals surface area contributed by atoms with Crippen molar-refractivity contribution in [2.45, 2.75) is 20.0 Å². The summed E-state index contributed by atoms with van der Waals surface area (Å²) in [6, 6.07) is 0. The monoisotopic (exact) mass is 235 g/mol. The summed E-state index contributed by atoms with van der Waals surface area (Å²) in [5.41, 5.74) is 0.0997. The van der Waals surface area contributed by atoms with E-state index < -0.39 is 11.2 Å². The molecule has 6 heteroatoms. The summed E-state index contributed by atoms with van der Waals surface area (Å²) in [7, 11) is 0. The summed E-state index contributed by atoms with van der Waals surface area (Å²) in [6.45, 7) is 3.63. The van der Waals surface area contributed by atoms with Crippen LogP contribution in [0.3, 0.4) is 0 Å². The van der Waals surface area contributed by atoms with Gasteiger partial charge in [0.25, 0.3) is 5.91 Å². The number of pyridine rings is 1. The summed E-state index contributed by atoms with van der Waals surface area (Å²) >= 11 is 0. The molecule has 3 heterocycles. The number of rotatable bonds is 0. The first-order valence-electron chi connectivity index (χ1n) is 5.59. The van der Waals surface area contributed by atoms with Crippen LogP contribution in [0, 0.1) is 6.92 Å². The topological polar surface area (TPSA) is 65.8 Å². The molecule has 17 heavy (non-hydrogen) atoms. The van der Waals surface area contributed by atoms with Crippen LogP contribution in [0.1, 0.15) is 22.5 Å². The van der Waals surface area contributed by atoms with Gasteiger partial charge in [-0.15, -0.1) is 0 Å². The van der Waals surface area contributed by atoms with E-state index in [2.05, 4.69) is 0 Å². The van der Waals surface area contributed by atoms with Gasteiger partial charge in [-0.3, -0.25) is 14.6 Å². The molecule has 0 atom stereocenters. The second kappa shape index (κ2) is 3.33. The highest BCUT2D eigenvalue weighted by atomic mass is 16.3. The lowest BCUT2D eigenvalue weighted by molar-refractivity contribution is -0.0101. The van der Waals surface area contributed by atoms with Gasteiger partial charge < -0.3 is 9.67 Å². The number of amides is 1. The van der Waals surface area contributed by atoms with Crippen molar-refractivity contribution in [3.8, 4) is 5.75 Å². The quantitative estimate of drug-likeness (QED) is 0.681. The molecule has 1 fully saturated rings. The highest BCUT2D eigenvalue weighted by molar-refractivity contribution is 5.95. The molecule has 1 saturated heterocycles. The van der Waals surface area contributed by atoms with Crippen molar-refractivity contribution in [2.24, 2.45) is 0 Å². The molecule has 2 aliphatic rings. The Hall–Kier alpha value is -1.82. The maximum absolute atomic E-state index is 12.1. The number of hydrogen-bond donors (Lipinski definition) is 1. The molecule has 1 aromatic rings. The van der Waals surface area contributed by atoms with Gasteiger partial charge in [0.1, 0.15) is 0 Å². The fourth-order valence-corrected chi connectivity index (χ4v) is 2.46. The summed E-state index contributed by atoms with van der Waals surface area (Å²) in [5.74, 6) is -0.718. The molecule has 2 aliphatic heterocycles. The van der Waals surface area contributed by atoms with Gasteiger partial charge in [0.05, 0.1) is 6.67 Å². The largest absolute Gasteiger partial charge is 0.503 e. The van der Waals surface area contributed by atoms with Crippen molar-refractivity contribution in [3.63, 3.8) is 0 Å². The maximum atomic E-state index is 12.1. The zero-order valence-corrected chi connectivity index (χ0v) is 9.51. The van der Waals surface area contributed by atoms with E-state index in [0.717, 1.165) is 13.0 Å². The third-order valence-electron chi connectivity index (χ3n) is 3.31. The van der Waals surface area contributed by atoms with E-state index >= 15 is 0 Å². The minimum absolute atomic E-state index is 0.110. The molecule has 0 saturated carbocycles. The molecule has 1 N–H and O–H groups in total. The number of fused-ring (bicyclic) bond motifs is 2. The van der Waals surface area contributed by atoms with Gasteiger partial charge >= 0.3 is 0 Å². The van der Waals surface area contributed by atoms with Crippen LogP contribution in [0.2, 0.25) is 0 Å². The smallest absolute Gasteiger partial charge is 0.288 e. The Morgan fingerprint density at radius 2 is 2.06 bits per heavy atom. The third-order valence-corrected chi connectivity index (χ3v) is 3.31. The Balaban J connectivity index is 2.22. The number of aromatic hydroxyl groups is 1. The van der Waals surface area contributed by atoms with Crippen LogP contribution in [0.4, 0.5) is 0 Å². The predicted molar refractivity (Wildman–Crippen MR) is 59.5 cm³/mol. The predicted octanol–water partition coefficient (Wildman–Crippen LogP) is -0.104. The van der Waals surface area contributed by atoms with E-state index in [1.54, 1.807) is 22.7 Å². The molecule has 0 bridgehead atoms. The van der Waals surface area contributed by atoms with Gasteiger partial charge in [0.2, 0.25) is 5.43 Å². The average molecular weight is 235 g/mol. The molecule has 3 rings (SSSR count). The summed E-state index contributed by atoms with van der Waals surface area (Å²) in [6.07, 6.45) is 2.55.